The van der Waals surface area contributed by atoms with Gasteiger partial charge >= 0.3 is 6.01 Å². The molecule has 0 aliphatic carbocycles. The monoisotopic (exact) mass is 226 g/mol. The van der Waals surface area contributed by atoms with E-state index in [1.807, 2.05) is 6.92 Å². The Kier molecular flexibility index (Phi) is 3.74. The molecule has 0 radical (unpaired) electrons. The van der Waals surface area contributed by atoms with Gasteiger partial charge in [-0.3, -0.25) is 0 Å². The Labute approximate surface area is 94.6 Å². The van der Waals surface area contributed by atoms with Crippen LogP contribution in [0.3, 0.4) is 0 Å². The fourth-order valence-corrected chi connectivity index (χ4v) is 1.68. The average molecular weight is 226 g/mol. The van der Waals surface area contributed by atoms with Crippen LogP contribution in [0.2, 0.25) is 0 Å². The van der Waals surface area contributed by atoms with Crippen molar-refractivity contribution in [2.75, 3.05) is 25.1 Å². The lowest BCUT2D eigenvalue weighted by molar-refractivity contribution is 0.185. The summed E-state index contributed by atoms with van der Waals surface area (Å²) in [7, 11) is 0. The Morgan fingerprint density at radius 2 is 2.44 bits per heavy atom. The number of nitrogens with zero attached hydrogens (tertiary/aromatic N) is 2. The molecule has 0 bridgehead atoms. The smallest absolute Gasteiger partial charge is 0.315 e. The zero-order valence-corrected chi connectivity index (χ0v) is 9.48. The lowest BCUT2D eigenvalue weighted by atomic mass is 10.1. The normalized spacial score (nSPS) is 22.2. The van der Waals surface area contributed by atoms with Gasteiger partial charge < -0.3 is 20.2 Å². The molecule has 2 rings (SSSR count). The minimum Gasteiger partial charge on any atom is -0.406 e. The van der Waals surface area contributed by atoms with Crippen molar-refractivity contribution < 1.29 is 9.15 Å². The van der Waals surface area contributed by atoms with Crippen molar-refractivity contribution >= 4 is 6.01 Å². The highest BCUT2D eigenvalue weighted by Crippen LogP contribution is 2.16. The zero-order valence-electron chi connectivity index (χ0n) is 9.48. The largest absolute Gasteiger partial charge is 0.406 e. The number of aromatic nitrogens is 2. The molecule has 16 heavy (non-hydrogen) atoms. The van der Waals surface area contributed by atoms with Crippen LogP contribution in [0, 0.1) is 5.92 Å². The van der Waals surface area contributed by atoms with Crippen molar-refractivity contribution in [1.82, 2.24) is 10.2 Å². The minimum absolute atomic E-state index is 0.216. The van der Waals surface area contributed by atoms with Gasteiger partial charge in [0, 0.05) is 19.8 Å². The first-order chi connectivity index (χ1) is 7.75. The summed E-state index contributed by atoms with van der Waals surface area (Å²) >= 11 is 0. The highest BCUT2D eigenvalue weighted by molar-refractivity contribution is 5.16. The molecule has 0 spiro atoms. The zero-order chi connectivity index (χ0) is 11.4. The van der Waals surface area contributed by atoms with E-state index in [0.717, 1.165) is 32.6 Å². The van der Waals surface area contributed by atoms with Crippen molar-refractivity contribution in [3.63, 3.8) is 0 Å². The molecule has 0 amide bonds. The SMILES string of the molecule is CC(N)c1nnc(NCCC2CCOC2)o1. The molecule has 3 N–H and O–H groups in total. The third-order valence-electron chi connectivity index (χ3n) is 2.68. The first-order valence-corrected chi connectivity index (χ1v) is 5.66. The number of hydrogen-bond donors (Lipinski definition) is 2. The third kappa shape index (κ3) is 2.93. The molecule has 2 unspecified atom stereocenters. The second-order valence-electron chi connectivity index (χ2n) is 4.18. The van der Waals surface area contributed by atoms with Crippen LogP contribution in [0.4, 0.5) is 6.01 Å². The van der Waals surface area contributed by atoms with E-state index in [2.05, 4.69) is 15.5 Å². The van der Waals surface area contributed by atoms with Crippen molar-refractivity contribution in [1.29, 1.82) is 0 Å². The summed E-state index contributed by atoms with van der Waals surface area (Å²) in [4.78, 5) is 0. The summed E-state index contributed by atoms with van der Waals surface area (Å²) in [5.74, 6) is 1.12. The number of hydrogen-bond acceptors (Lipinski definition) is 6. The van der Waals surface area contributed by atoms with Crippen LogP contribution in [-0.4, -0.2) is 30.0 Å². The Morgan fingerprint density at radius 3 is 3.06 bits per heavy atom. The molecule has 1 aliphatic heterocycles. The quantitative estimate of drug-likeness (QED) is 0.776. The molecule has 1 saturated heterocycles. The molecule has 2 atom stereocenters. The summed E-state index contributed by atoms with van der Waals surface area (Å²) in [5, 5.41) is 10.8. The number of nitrogens with one attached hydrogen (secondary N) is 1. The molecule has 6 nitrogen and oxygen atoms in total. The van der Waals surface area contributed by atoms with E-state index < -0.39 is 0 Å². The van der Waals surface area contributed by atoms with Crippen LogP contribution in [-0.2, 0) is 4.74 Å². The van der Waals surface area contributed by atoms with E-state index in [4.69, 9.17) is 14.9 Å². The van der Waals surface area contributed by atoms with Crippen molar-refractivity contribution in [2.45, 2.75) is 25.8 Å². The second kappa shape index (κ2) is 5.27. The molecular weight excluding hydrogens is 208 g/mol. The standard InChI is InChI=1S/C10H18N4O2/c1-7(11)9-13-14-10(16-9)12-4-2-8-3-5-15-6-8/h7-8H,2-6,11H2,1H3,(H,12,14). The fourth-order valence-electron chi connectivity index (χ4n) is 1.68. The van der Waals surface area contributed by atoms with Crippen LogP contribution in [0.1, 0.15) is 31.7 Å². The lowest BCUT2D eigenvalue weighted by Gasteiger charge is -2.06. The predicted molar refractivity (Wildman–Crippen MR) is 58.9 cm³/mol. The van der Waals surface area contributed by atoms with Gasteiger partial charge in [0.15, 0.2) is 0 Å². The topological polar surface area (TPSA) is 86.2 Å². The van der Waals surface area contributed by atoms with Crippen LogP contribution >= 0.6 is 0 Å². The summed E-state index contributed by atoms with van der Waals surface area (Å²) in [5.41, 5.74) is 5.61. The summed E-state index contributed by atoms with van der Waals surface area (Å²) in [6.45, 7) is 4.40. The van der Waals surface area contributed by atoms with Crippen molar-refractivity contribution in [3.8, 4) is 0 Å². The highest BCUT2D eigenvalue weighted by Gasteiger charge is 2.15. The average Bonchev–Trinajstić information content (AvgIpc) is 2.87. The minimum atomic E-state index is -0.216. The molecule has 2 heterocycles. The molecule has 0 saturated carbocycles. The van der Waals surface area contributed by atoms with E-state index in [0.29, 0.717) is 17.8 Å². The molecule has 90 valence electrons. The third-order valence-corrected chi connectivity index (χ3v) is 2.68. The van der Waals surface area contributed by atoms with Gasteiger partial charge in [0.1, 0.15) is 0 Å². The van der Waals surface area contributed by atoms with E-state index in [9.17, 15) is 0 Å². The van der Waals surface area contributed by atoms with E-state index in [1.165, 1.54) is 0 Å². The molecule has 6 heteroatoms. The van der Waals surface area contributed by atoms with Gasteiger partial charge in [0.05, 0.1) is 6.04 Å². The van der Waals surface area contributed by atoms with E-state index in [-0.39, 0.29) is 6.04 Å². The lowest BCUT2D eigenvalue weighted by Crippen LogP contribution is -2.09. The van der Waals surface area contributed by atoms with Gasteiger partial charge in [-0.1, -0.05) is 5.10 Å². The molecule has 1 aromatic rings. The molecule has 1 aliphatic rings. The maximum atomic E-state index is 5.61. The van der Waals surface area contributed by atoms with Gasteiger partial charge in [-0.25, -0.2) is 0 Å². The predicted octanol–water partition coefficient (Wildman–Crippen LogP) is 0.928. The highest BCUT2D eigenvalue weighted by atomic mass is 16.5. The Balaban J connectivity index is 1.72. The maximum Gasteiger partial charge on any atom is 0.315 e. The first-order valence-electron chi connectivity index (χ1n) is 5.66. The van der Waals surface area contributed by atoms with Crippen molar-refractivity contribution in [3.05, 3.63) is 5.89 Å². The van der Waals surface area contributed by atoms with Gasteiger partial charge in [0.2, 0.25) is 5.89 Å². The van der Waals surface area contributed by atoms with Crippen LogP contribution in [0.15, 0.2) is 4.42 Å². The molecular formula is C10H18N4O2. The second-order valence-corrected chi connectivity index (χ2v) is 4.18. The maximum absolute atomic E-state index is 5.61. The molecule has 1 aromatic heterocycles. The number of anilines is 1. The van der Waals surface area contributed by atoms with E-state index in [1.54, 1.807) is 0 Å². The Bertz CT molecular complexity index is 320. The van der Waals surface area contributed by atoms with Gasteiger partial charge in [-0.2, -0.15) is 0 Å². The van der Waals surface area contributed by atoms with Crippen LogP contribution in [0.5, 0.6) is 0 Å². The number of ether oxygens (including phenoxy) is 1. The Morgan fingerprint density at radius 1 is 1.56 bits per heavy atom. The summed E-state index contributed by atoms with van der Waals surface area (Å²) < 4.78 is 10.6. The summed E-state index contributed by atoms with van der Waals surface area (Å²) in [6.07, 6.45) is 2.21. The first kappa shape index (κ1) is 11.3. The van der Waals surface area contributed by atoms with Gasteiger partial charge in [-0.05, 0) is 25.7 Å². The van der Waals surface area contributed by atoms with Crippen LogP contribution in [0.25, 0.3) is 0 Å². The van der Waals surface area contributed by atoms with Gasteiger partial charge in [-0.15, -0.1) is 5.10 Å². The van der Waals surface area contributed by atoms with E-state index >= 15 is 0 Å². The van der Waals surface area contributed by atoms with Gasteiger partial charge in [0.25, 0.3) is 0 Å². The summed E-state index contributed by atoms with van der Waals surface area (Å²) in [6, 6.07) is 0.234. The number of rotatable bonds is 5. The number of nitrogens with two attached hydrogens (primary N) is 1. The Hall–Kier alpha value is -1.14. The molecule has 1 fully saturated rings. The van der Waals surface area contributed by atoms with Crippen molar-refractivity contribution in [2.24, 2.45) is 11.7 Å². The van der Waals surface area contributed by atoms with Crippen LogP contribution < -0.4 is 11.1 Å². The fraction of sp³-hybridized carbons (Fsp3) is 0.800. The molecule has 0 aromatic carbocycles.